The fraction of sp³-hybridized carbons (Fsp3) is 0.625. The van der Waals surface area contributed by atoms with Crippen LogP contribution in [0.4, 0.5) is 0 Å². The Morgan fingerprint density at radius 2 is 2.00 bits per heavy atom. The Balaban J connectivity index is 1.80. The van der Waals surface area contributed by atoms with Crippen molar-refractivity contribution in [2.45, 2.75) is 32.2 Å². The van der Waals surface area contributed by atoms with E-state index in [1.54, 1.807) is 0 Å². The maximum absolute atomic E-state index is 5.53. The molecule has 4 heteroatoms. The predicted molar refractivity (Wildman–Crippen MR) is 79.3 cm³/mol. The number of hydrogen-bond acceptors (Lipinski definition) is 4. The molecule has 2 aliphatic heterocycles. The quantitative estimate of drug-likeness (QED) is 0.896. The molecule has 0 bridgehead atoms. The molecule has 1 saturated heterocycles. The van der Waals surface area contributed by atoms with Gasteiger partial charge in [-0.05, 0) is 24.1 Å². The average molecular weight is 276 g/mol. The molecule has 0 radical (unpaired) electrons. The van der Waals surface area contributed by atoms with Gasteiger partial charge in [-0.25, -0.2) is 0 Å². The summed E-state index contributed by atoms with van der Waals surface area (Å²) in [5, 5.41) is 3.43. The molecule has 2 heterocycles. The van der Waals surface area contributed by atoms with E-state index in [9.17, 15) is 0 Å². The Morgan fingerprint density at radius 3 is 2.80 bits per heavy atom. The standard InChI is InChI=1S/C16H24N2O2/c1-2-3-4-14(18-9-7-17-8-10-18)13-5-6-15-16(11-13)20-12-19-15/h5-6,11,14,17H,2-4,7-10,12H2,1H3. The van der Waals surface area contributed by atoms with Gasteiger partial charge in [-0.1, -0.05) is 25.8 Å². The van der Waals surface area contributed by atoms with Crippen molar-refractivity contribution in [3.63, 3.8) is 0 Å². The second kappa shape index (κ2) is 6.46. The fourth-order valence-electron chi connectivity index (χ4n) is 3.07. The Bertz CT molecular complexity index is 444. The van der Waals surface area contributed by atoms with Crippen LogP contribution in [0.2, 0.25) is 0 Å². The lowest BCUT2D eigenvalue weighted by Gasteiger charge is -2.35. The molecule has 0 aromatic heterocycles. The Kier molecular flexibility index (Phi) is 4.43. The maximum Gasteiger partial charge on any atom is 0.231 e. The second-order valence-corrected chi connectivity index (χ2v) is 5.56. The van der Waals surface area contributed by atoms with Crippen LogP contribution in [0.15, 0.2) is 18.2 Å². The molecule has 2 aliphatic rings. The molecule has 1 fully saturated rings. The summed E-state index contributed by atoms with van der Waals surface area (Å²) in [4.78, 5) is 2.60. The molecule has 4 nitrogen and oxygen atoms in total. The second-order valence-electron chi connectivity index (χ2n) is 5.56. The molecule has 0 aliphatic carbocycles. The van der Waals surface area contributed by atoms with E-state index in [0.717, 1.165) is 37.7 Å². The highest BCUT2D eigenvalue weighted by molar-refractivity contribution is 5.45. The highest BCUT2D eigenvalue weighted by Gasteiger charge is 2.24. The Morgan fingerprint density at radius 1 is 1.20 bits per heavy atom. The number of fused-ring (bicyclic) bond motifs is 1. The number of piperazine rings is 1. The van der Waals surface area contributed by atoms with Gasteiger partial charge in [0.25, 0.3) is 0 Å². The summed E-state index contributed by atoms with van der Waals surface area (Å²) in [7, 11) is 0. The average Bonchev–Trinajstić information content (AvgIpc) is 2.96. The van der Waals surface area contributed by atoms with Gasteiger partial charge in [-0.3, -0.25) is 4.90 Å². The lowest BCUT2D eigenvalue weighted by atomic mass is 9.98. The van der Waals surface area contributed by atoms with Crippen LogP contribution in [-0.2, 0) is 0 Å². The zero-order chi connectivity index (χ0) is 13.8. The summed E-state index contributed by atoms with van der Waals surface area (Å²) in [6, 6.07) is 6.94. The van der Waals surface area contributed by atoms with E-state index in [2.05, 4.69) is 35.3 Å². The van der Waals surface area contributed by atoms with Crippen molar-refractivity contribution in [1.29, 1.82) is 0 Å². The van der Waals surface area contributed by atoms with Crippen molar-refractivity contribution in [1.82, 2.24) is 10.2 Å². The van der Waals surface area contributed by atoms with Crippen molar-refractivity contribution < 1.29 is 9.47 Å². The van der Waals surface area contributed by atoms with Crippen LogP contribution in [0.5, 0.6) is 11.5 Å². The van der Waals surface area contributed by atoms with Crippen LogP contribution in [0.25, 0.3) is 0 Å². The summed E-state index contributed by atoms with van der Waals surface area (Å²) in [5.41, 5.74) is 1.37. The first-order valence-electron chi connectivity index (χ1n) is 7.73. The minimum absolute atomic E-state index is 0.353. The molecule has 1 atom stereocenters. The van der Waals surface area contributed by atoms with Gasteiger partial charge in [0, 0.05) is 32.2 Å². The topological polar surface area (TPSA) is 33.7 Å². The smallest absolute Gasteiger partial charge is 0.231 e. The largest absolute Gasteiger partial charge is 0.454 e. The number of ether oxygens (including phenoxy) is 2. The first kappa shape index (κ1) is 13.7. The van der Waals surface area contributed by atoms with Crippen LogP contribution >= 0.6 is 0 Å². The van der Waals surface area contributed by atoms with Crippen LogP contribution in [0.1, 0.15) is 37.8 Å². The normalized spacial score (nSPS) is 20.1. The first-order valence-corrected chi connectivity index (χ1v) is 7.73. The van der Waals surface area contributed by atoms with Crippen molar-refractivity contribution in [2.24, 2.45) is 0 Å². The minimum Gasteiger partial charge on any atom is -0.454 e. The van der Waals surface area contributed by atoms with Crippen LogP contribution in [0.3, 0.4) is 0 Å². The van der Waals surface area contributed by atoms with E-state index in [0.29, 0.717) is 12.8 Å². The van der Waals surface area contributed by atoms with Gasteiger partial charge in [0.2, 0.25) is 6.79 Å². The molecular formula is C16H24N2O2. The third-order valence-corrected chi connectivity index (χ3v) is 4.20. The van der Waals surface area contributed by atoms with E-state index in [4.69, 9.17) is 9.47 Å². The van der Waals surface area contributed by atoms with Gasteiger partial charge in [0.15, 0.2) is 11.5 Å². The number of rotatable bonds is 5. The zero-order valence-corrected chi connectivity index (χ0v) is 12.2. The monoisotopic (exact) mass is 276 g/mol. The zero-order valence-electron chi connectivity index (χ0n) is 12.2. The van der Waals surface area contributed by atoms with Crippen LogP contribution < -0.4 is 14.8 Å². The number of nitrogens with zero attached hydrogens (tertiary/aromatic N) is 1. The molecule has 1 unspecified atom stereocenters. The van der Waals surface area contributed by atoms with E-state index in [1.165, 1.54) is 24.8 Å². The third-order valence-electron chi connectivity index (χ3n) is 4.20. The molecular weight excluding hydrogens is 252 g/mol. The molecule has 0 saturated carbocycles. The molecule has 0 spiro atoms. The fourth-order valence-corrected chi connectivity index (χ4v) is 3.07. The summed E-state index contributed by atoms with van der Waals surface area (Å²) in [5.74, 6) is 1.78. The van der Waals surface area contributed by atoms with Crippen LogP contribution in [0, 0.1) is 0 Å². The van der Waals surface area contributed by atoms with Crippen molar-refractivity contribution in [3.8, 4) is 11.5 Å². The summed E-state index contributed by atoms with van der Waals surface area (Å²) in [6.45, 7) is 7.05. The van der Waals surface area contributed by atoms with Crippen molar-refractivity contribution in [3.05, 3.63) is 23.8 Å². The van der Waals surface area contributed by atoms with E-state index in [1.807, 2.05) is 0 Å². The van der Waals surface area contributed by atoms with Gasteiger partial charge >= 0.3 is 0 Å². The molecule has 1 N–H and O–H groups in total. The minimum atomic E-state index is 0.353. The first-order chi connectivity index (χ1) is 9.88. The lowest BCUT2D eigenvalue weighted by molar-refractivity contribution is 0.162. The highest BCUT2D eigenvalue weighted by atomic mass is 16.7. The number of nitrogens with one attached hydrogen (secondary N) is 1. The predicted octanol–water partition coefficient (Wildman–Crippen LogP) is 2.55. The van der Waals surface area contributed by atoms with Crippen LogP contribution in [-0.4, -0.2) is 37.9 Å². The molecule has 3 rings (SSSR count). The van der Waals surface area contributed by atoms with Gasteiger partial charge < -0.3 is 14.8 Å². The number of benzene rings is 1. The third kappa shape index (κ3) is 2.91. The number of unbranched alkanes of at least 4 members (excludes halogenated alkanes) is 1. The number of hydrogen-bond donors (Lipinski definition) is 1. The molecule has 1 aromatic carbocycles. The van der Waals surface area contributed by atoms with E-state index < -0.39 is 0 Å². The Hall–Kier alpha value is -1.26. The highest BCUT2D eigenvalue weighted by Crippen LogP contribution is 2.36. The molecule has 0 amide bonds. The van der Waals surface area contributed by atoms with E-state index in [-0.39, 0.29) is 0 Å². The molecule has 1 aromatic rings. The van der Waals surface area contributed by atoms with Gasteiger partial charge in [0.05, 0.1) is 0 Å². The molecule has 20 heavy (non-hydrogen) atoms. The van der Waals surface area contributed by atoms with E-state index >= 15 is 0 Å². The van der Waals surface area contributed by atoms with Crippen molar-refractivity contribution >= 4 is 0 Å². The molecule has 110 valence electrons. The SMILES string of the molecule is CCCCC(c1ccc2c(c1)OCO2)N1CCNCC1. The van der Waals surface area contributed by atoms with Gasteiger partial charge in [-0.2, -0.15) is 0 Å². The van der Waals surface area contributed by atoms with Gasteiger partial charge in [0.1, 0.15) is 0 Å². The summed E-state index contributed by atoms with van der Waals surface area (Å²) in [6.07, 6.45) is 3.73. The summed E-state index contributed by atoms with van der Waals surface area (Å²) >= 11 is 0. The Labute approximate surface area is 121 Å². The lowest BCUT2D eigenvalue weighted by Crippen LogP contribution is -2.45. The van der Waals surface area contributed by atoms with Crippen molar-refractivity contribution in [2.75, 3.05) is 33.0 Å². The maximum atomic E-state index is 5.53. The van der Waals surface area contributed by atoms with Gasteiger partial charge in [-0.15, -0.1) is 0 Å². The summed E-state index contributed by atoms with van der Waals surface area (Å²) < 4.78 is 10.9.